The number of nitrogens with one attached hydrogen (secondary N) is 1. The number of ether oxygens (including phenoxy) is 1. The Hall–Kier alpha value is -0.650. The topological polar surface area (TPSA) is 61.8 Å². The lowest BCUT2D eigenvalue weighted by molar-refractivity contribution is -0.127. The molecule has 0 aromatic carbocycles. The molecule has 1 saturated carbocycles. The fourth-order valence-corrected chi connectivity index (χ4v) is 3.36. The van der Waals surface area contributed by atoms with Crippen LogP contribution in [-0.2, 0) is 9.53 Å². The smallest absolute Gasteiger partial charge is 0.225 e. The number of carbonyl (C=O) groups excluding carboxylic acids is 1. The molecule has 0 aromatic heterocycles. The second-order valence-electron chi connectivity index (χ2n) is 6.27. The highest BCUT2D eigenvalue weighted by Crippen LogP contribution is 2.25. The fourth-order valence-electron chi connectivity index (χ4n) is 3.36. The highest BCUT2D eigenvalue weighted by molar-refractivity contribution is 5.79. The lowest BCUT2D eigenvalue weighted by atomic mass is 10.1. The number of aliphatic hydroxyl groups is 1. The van der Waals surface area contributed by atoms with Gasteiger partial charge in [0.1, 0.15) is 0 Å². The second kappa shape index (κ2) is 7.38. The molecule has 5 nitrogen and oxygen atoms in total. The summed E-state index contributed by atoms with van der Waals surface area (Å²) in [4.78, 5) is 14.3. The summed E-state index contributed by atoms with van der Waals surface area (Å²) in [5.74, 6) is -0.155. The van der Waals surface area contributed by atoms with Crippen LogP contribution in [0.4, 0.5) is 0 Å². The van der Waals surface area contributed by atoms with Crippen LogP contribution in [0, 0.1) is 5.92 Å². The van der Waals surface area contributed by atoms with Gasteiger partial charge in [-0.05, 0) is 39.5 Å². The first-order chi connectivity index (χ1) is 9.56. The minimum Gasteiger partial charge on any atom is -0.392 e. The SMILES string of the molecule is CC1CN(CCCNC(=O)C2CCCC2O)CC(C)O1. The molecule has 4 atom stereocenters. The number of hydrogen-bond acceptors (Lipinski definition) is 4. The number of aliphatic hydroxyl groups excluding tert-OH is 1. The lowest BCUT2D eigenvalue weighted by Gasteiger charge is -2.35. The Morgan fingerprint density at radius 3 is 2.60 bits per heavy atom. The van der Waals surface area contributed by atoms with Crippen LogP contribution >= 0.6 is 0 Å². The lowest BCUT2D eigenvalue weighted by Crippen LogP contribution is -2.46. The largest absolute Gasteiger partial charge is 0.392 e. The number of carbonyl (C=O) groups is 1. The molecule has 2 N–H and O–H groups in total. The average molecular weight is 284 g/mol. The second-order valence-corrected chi connectivity index (χ2v) is 6.27. The van der Waals surface area contributed by atoms with Gasteiger partial charge in [-0.3, -0.25) is 9.69 Å². The molecule has 2 rings (SSSR count). The Morgan fingerprint density at radius 1 is 1.30 bits per heavy atom. The molecule has 0 radical (unpaired) electrons. The molecule has 2 fully saturated rings. The van der Waals surface area contributed by atoms with Crippen LogP contribution in [-0.4, -0.2) is 60.4 Å². The number of hydrogen-bond donors (Lipinski definition) is 2. The molecular formula is C15H28N2O3. The molecule has 1 aliphatic carbocycles. The Labute approximate surface area is 121 Å². The monoisotopic (exact) mass is 284 g/mol. The molecule has 20 heavy (non-hydrogen) atoms. The van der Waals surface area contributed by atoms with Gasteiger partial charge >= 0.3 is 0 Å². The van der Waals surface area contributed by atoms with Gasteiger partial charge in [0, 0.05) is 26.2 Å². The zero-order valence-corrected chi connectivity index (χ0v) is 12.7. The van der Waals surface area contributed by atoms with Crippen LogP contribution in [0.3, 0.4) is 0 Å². The zero-order chi connectivity index (χ0) is 14.5. The van der Waals surface area contributed by atoms with E-state index in [1.54, 1.807) is 0 Å². The minimum absolute atomic E-state index is 0.0266. The molecule has 0 spiro atoms. The third kappa shape index (κ3) is 4.43. The fraction of sp³-hybridized carbons (Fsp3) is 0.933. The predicted molar refractivity (Wildman–Crippen MR) is 77.4 cm³/mol. The molecule has 5 heteroatoms. The third-order valence-corrected chi connectivity index (χ3v) is 4.26. The Kier molecular flexibility index (Phi) is 5.81. The molecule has 1 saturated heterocycles. The minimum atomic E-state index is -0.434. The van der Waals surface area contributed by atoms with Gasteiger partial charge in [0.05, 0.1) is 24.2 Å². The molecule has 116 valence electrons. The first-order valence-corrected chi connectivity index (χ1v) is 7.90. The van der Waals surface area contributed by atoms with Gasteiger partial charge in [0.15, 0.2) is 0 Å². The highest BCUT2D eigenvalue weighted by Gasteiger charge is 2.31. The summed E-state index contributed by atoms with van der Waals surface area (Å²) in [5.41, 5.74) is 0. The first-order valence-electron chi connectivity index (χ1n) is 7.90. The van der Waals surface area contributed by atoms with Crippen molar-refractivity contribution in [2.75, 3.05) is 26.2 Å². The van der Waals surface area contributed by atoms with Crippen LogP contribution < -0.4 is 5.32 Å². The van der Waals surface area contributed by atoms with Gasteiger partial charge in [0.25, 0.3) is 0 Å². The van der Waals surface area contributed by atoms with Crippen molar-refractivity contribution in [1.82, 2.24) is 10.2 Å². The van der Waals surface area contributed by atoms with Crippen molar-refractivity contribution < 1.29 is 14.6 Å². The van der Waals surface area contributed by atoms with Crippen LogP contribution in [0.5, 0.6) is 0 Å². The van der Waals surface area contributed by atoms with Crippen molar-refractivity contribution in [3.8, 4) is 0 Å². The van der Waals surface area contributed by atoms with Crippen molar-refractivity contribution in [2.24, 2.45) is 5.92 Å². The maximum Gasteiger partial charge on any atom is 0.225 e. The molecule has 1 aliphatic heterocycles. The van der Waals surface area contributed by atoms with E-state index in [2.05, 4.69) is 24.1 Å². The Bertz CT molecular complexity index is 314. The van der Waals surface area contributed by atoms with E-state index in [0.717, 1.165) is 45.3 Å². The first kappa shape index (κ1) is 15.7. The quantitative estimate of drug-likeness (QED) is 0.732. The van der Waals surface area contributed by atoms with Crippen molar-refractivity contribution in [3.05, 3.63) is 0 Å². The van der Waals surface area contributed by atoms with Gasteiger partial charge in [-0.15, -0.1) is 0 Å². The maximum atomic E-state index is 11.9. The standard InChI is InChI=1S/C15H28N2O3/c1-11-9-17(10-12(2)20-11)8-4-7-16-15(19)13-5-3-6-14(13)18/h11-14,18H,3-10H2,1-2H3,(H,16,19). The van der Waals surface area contributed by atoms with Gasteiger partial charge in [-0.2, -0.15) is 0 Å². The summed E-state index contributed by atoms with van der Waals surface area (Å²) in [6.07, 6.45) is 3.66. The van der Waals surface area contributed by atoms with E-state index in [0.29, 0.717) is 18.8 Å². The van der Waals surface area contributed by atoms with Crippen molar-refractivity contribution in [3.63, 3.8) is 0 Å². The number of nitrogens with zero attached hydrogens (tertiary/aromatic N) is 1. The van der Waals surface area contributed by atoms with Crippen LogP contribution in [0.2, 0.25) is 0 Å². The van der Waals surface area contributed by atoms with E-state index in [1.807, 2.05) is 0 Å². The summed E-state index contributed by atoms with van der Waals surface area (Å²) in [5, 5.41) is 12.7. The number of amides is 1. The van der Waals surface area contributed by atoms with Crippen molar-refractivity contribution in [2.45, 2.75) is 57.8 Å². The molecule has 4 unspecified atom stereocenters. The molecule has 1 amide bonds. The molecule has 2 aliphatic rings. The van der Waals surface area contributed by atoms with Gasteiger partial charge in [-0.25, -0.2) is 0 Å². The van der Waals surface area contributed by atoms with Crippen LogP contribution in [0.1, 0.15) is 39.5 Å². The zero-order valence-electron chi connectivity index (χ0n) is 12.7. The summed E-state index contributed by atoms with van der Waals surface area (Å²) in [6, 6.07) is 0. The van der Waals surface area contributed by atoms with Gasteiger partial charge < -0.3 is 15.2 Å². The molecule has 1 heterocycles. The van der Waals surface area contributed by atoms with E-state index in [9.17, 15) is 9.90 Å². The van der Waals surface area contributed by atoms with Crippen molar-refractivity contribution >= 4 is 5.91 Å². The van der Waals surface area contributed by atoms with E-state index in [-0.39, 0.29) is 11.8 Å². The average Bonchev–Trinajstić information content (AvgIpc) is 2.79. The predicted octanol–water partition coefficient (Wildman–Crippen LogP) is 0.763. The maximum absolute atomic E-state index is 11.9. The Morgan fingerprint density at radius 2 is 2.00 bits per heavy atom. The van der Waals surface area contributed by atoms with Gasteiger partial charge in [-0.1, -0.05) is 0 Å². The normalized spacial score (nSPS) is 35.1. The summed E-state index contributed by atoms with van der Waals surface area (Å²) in [6.45, 7) is 7.84. The van der Waals surface area contributed by atoms with E-state index in [1.165, 1.54) is 0 Å². The van der Waals surface area contributed by atoms with E-state index >= 15 is 0 Å². The Balaban J connectivity index is 1.60. The van der Waals surface area contributed by atoms with Gasteiger partial charge in [0.2, 0.25) is 5.91 Å². The summed E-state index contributed by atoms with van der Waals surface area (Å²) >= 11 is 0. The van der Waals surface area contributed by atoms with Crippen molar-refractivity contribution in [1.29, 1.82) is 0 Å². The molecular weight excluding hydrogens is 256 g/mol. The number of rotatable bonds is 5. The number of morpholine rings is 1. The molecule has 0 aromatic rings. The summed E-state index contributed by atoms with van der Waals surface area (Å²) in [7, 11) is 0. The highest BCUT2D eigenvalue weighted by atomic mass is 16.5. The van der Waals surface area contributed by atoms with E-state index in [4.69, 9.17) is 4.74 Å². The van der Waals surface area contributed by atoms with Crippen LogP contribution in [0.25, 0.3) is 0 Å². The van der Waals surface area contributed by atoms with Crippen LogP contribution in [0.15, 0.2) is 0 Å². The molecule has 0 bridgehead atoms. The third-order valence-electron chi connectivity index (χ3n) is 4.26. The summed E-state index contributed by atoms with van der Waals surface area (Å²) < 4.78 is 5.70. The van der Waals surface area contributed by atoms with E-state index < -0.39 is 6.10 Å².